The largest absolute Gasteiger partial charge is 0.475 e. The molecule has 2 N–H and O–H groups in total. The van der Waals surface area contributed by atoms with Gasteiger partial charge in [0, 0.05) is 5.92 Å². The van der Waals surface area contributed by atoms with Crippen molar-refractivity contribution in [2.45, 2.75) is 6.92 Å². The van der Waals surface area contributed by atoms with Crippen LogP contribution in [0.5, 0.6) is 0 Å². The van der Waals surface area contributed by atoms with Gasteiger partial charge in [-0.1, -0.05) is 6.92 Å². The first-order valence-corrected chi connectivity index (χ1v) is 2.47. The molecule has 0 aliphatic rings. The van der Waals surface area contributed by atoms with Crippen LogP contribution >= 0.6 is 0 Å². The first-order valence-electron chi connectivity index (χ1n) is 2.47. The van der Waals surface area contributed by atoms with Gasteiger partial charge in [0.2, 0.25) is 5.78 Å². The molecule has 52 valence electrons. The summed E-state index contributed by atoms with van der Waals surface area (Å²) in [6, 6.07) is 0. The maximum atomic E-state index is 10.3. The Hall–Kier alpha value is -0.900. The molecule has 0 aliphatic carbocycles. The maximum absolute atomic E-state index is 10.3. The second-order valence-corrected chi connectivity index (χ2v) is 1.75. The summed E-state index contributed by atoms with van der Waals surface area (Å²) in [6.45, 7) is 0.946. The number of hydrogen-bond donors (Lipinski definition) is 2. The predicted octanol–water partition coefficient (Wildman–Crippen LogP) is -0.732. The van der Waals surface area contributed by atoms with E-state index in [0.717, 1.165) is 0 Å². The second kappa shape index (κ2) is 3.19. The molecule has 0 fully saturated rings. The summed E-state index contributed by atoms with van der Waals surface area (Å²) in [6.07, 6.45) is 0. The lowest BCUT2D eigenvalue weighted by molar-refractivity contribution is -0.151. The zero-order valence-electron chi connectivity index (χ0n) is 5.00. The number of Topliss-reactive ketones (excluding diaryl/α,β-unsaturated/α-hetero) is 1. The number of aliphatic hydroxyl groups is 1. The van der Waals surface area contributed by atoms with Crippen molar-refractivity contribution < 1.29 is 19.8 Å². The minimum atomic E-state index is -1.49. The molecule has 0 aromatic rings. The molecule has 1 atom stereocenters. The molecule has 0 bridgehead atoms. The van der Waals surface area contributed by atoms with Gasteiger partial charge in [-0.05, 0) is 0 Å². The molecule has 4 heteroatoms. The Balaban J connectivity index is 3.88. The molecule has 0 saturated heterocycles. The Kier molecular flexibility index (Phi) is 2.87. The fraction of sp³-hybridized carbons (Fsp3) is 0.600. The van der Waals surface area contributed by atoms with Gasteiger partial charge in [0.1, 0.15) is 0 Å². The molecule has 0 heterocycles. The molecule has 0 radical (unpaired) electrons. The first-order chi connectivity index (χ1) is 4.09. The summed E-state index contributed by atoms with van der Waals surface area (Å²) >= 11 is 0. The van der Waals surface area contributed by atoms with Gasteiger partial charge in [0.05, 0.1) is 6.61 Å². The lowest BCUT2D eigenvalue weighted by Crippen LogP contribution is -2.23. The van der Waals surface area contributed by atoms with E-state index in [1.807, 2.05) is 0 Å². The molecule has 0 aromatic carbocycles. The molecular formula is C5H8O4. The molecule has 1 unspecified atom stereocenters. The SMILES string of the molecule is CC(CO)C(=O)C(=O)O. The number of carboxylic acid groups (broad SMARTS) is 1. The van der Waals surface area contributed by atoms with Gasteiger partial charge < -0.3 is 10.2 Å². The van der Waals surface area contributed by atoms with Crippen LogP contribution in [0.3, 0.4) is 0 Å². The summed E-state index contributed by atoms with van der Waals surface area (Å²) in [7, 11) is 0. The summed E-state index contributed by atoms with van der Waals surface area (Å²) in [5.74, 6) is -3.23. The van der Waals surface area contributed by atoms with E-state index < -0.39 is 24.3 Å². The number of aliphatic hydroxyl groups excluding tert-OH is 1. The molecule has 0 aromatic heterocycles. The highest BCUT2D eigenvalue weighted by molar-refractivity contribution is 6.33. The third-order valence-electron chi connectivity index (χ3n) is 0.932. The van der Waals surface area contributed by atoms with E-state index in [4.69, 9.17) is 10.2 Å². The van der Waals surface area contributed by atoms with Gasteiger partial charge in [-0.25, -0.2) is 4.79 Å². The fourth-order valence-electron chi connectivity index (χ4n) is 0.294. The molecule has 9 heavy (non-hydrogen) atoms. The predicted molar refractivity (Wildman–Crippen MR) is 28.9 cm³/mol. The van der Waals surface area contributed by atoms with Gasteiger partial charge in [-0.3, -0.25) is 4.79 Å². The lowest BCUT2D eigenvalue weighted by atomic mass is 10.1. The Bertz CT molecular complexity index is 129. The van der Waals surface area contributed by atoms with Gasteiger partial charge in [-0.15, -0.1) is 0 Å². The fourth-order valence-corrected chi connectivity index (χ4v) is 0.294. The van der Waals surface area contributed by atoms with Crippen molar-refractivity contribution in [2.75, 3.05) is 6.61 Å². The highest BCUT2D eigenvalue weighted by atomic mass is 16.4. The second-order valence-electron chi connectivity index (χ2n) is 1.75. The Morgan fingerprint density at radius 2 is 2.00 bits per heavy atom. The van der Waals surface area contributed by atoms with Gasteiger partial charge in [-0.2, -0.15) is 0 Å². The average Bonchev–Trinajstić information content (AvgIpc) is 1.84. The van der Waals surface area contributed by atoms with Crippen LogP contribution in [0, 0.1) is 5.92 Å². The smallest absolute Gasteiger partial charge is 0.372 e. The van der Waals surface area contributed by atoms with Crippen LogP contribution in [0.1, 0.15) is 6.92 Å². The van der Waals surface area contributed by atoms with E-state index in [2.05, 4.69) is 0 Å². The van der Waals surface area contributed by atoms with E-state index in [-0.39, 0.29) is 0 Å². The van der Waals surface area contributed by atoms with Crippen molar-refractivity contribution in [3.8, 4) is 0 Å². The zero-order chi connectivity index (χ0) is 7.44. The number of aliphatic carboxylic acids is 1. The van der Waals surface area contributed by atoms with E-state index in [0.29, 0.717) is 0 Å². The quantitative estimate of drug-likeness (QED) is 0.496. The highest BCUT2D eigenvalue weighted by Crippen LogP contribution is 1.93. The molecule has 0 aliphatic heterocycles. The van der Waals surface area contributed by atoms with Crippen molar-refractivity contribution >= 4 is 11.8 Å². The van der Waals surface area contributed by atoms with Gasteiger partial charge in [0.25, 0.3) is 0 Å². The summed E-state index contributed by atoms with van der Waals surface area (Å²) < 4.78 is 0. The van der Waals surface area contributed by atoms with Crippen LogP contribution < -0.4 is 0 Å². The van der Waals surface area contributed by atoms with Crippen LogP contribution in [0.25, 0.3) is 0 Å². The monoisotopic (exact) mass is 132 g/mol. The van der Waals surface area contributed by atoms with Crippen molar-refractivity contribution in [1.82, 2.24) is 0 Å². The minimum Gasteiger partial charge on any atom is -0.475 e. The lowest BCUT2D eigenvalue weighted by Gasteiger charge is -1.99. The van der Waals surface area contributed by atoms with Crippen molar-refractivity contribution in [3.63, 3.8) is 0 Å². The standard InChI is InChI=1S/C5H8O4/c1-3(2-6)4(7)5(8)9/h3,6H,2H2,1H3,(H,8,9). The molecular weight excluding hydrogens is 124 g/mol. The first kappa shape index (κ1) is 8.10. The van der Waals surface area contributed by atoms with Crippen molar-refractivity contribution in [3.05, 3.63) is 0 Å². The number of hydrogen-bond acceptors (Lipinski definition) is 3. The van der Waals surface area contributed by atoms with E-state index in [1.54, 1.807) is 0 Å². The van der Waals surface area contributed by atoms with Crippen molar-refractivity contribution in [1.29, 1.82) is 0 Å². The van der Waals surface area contributed by atoms with E-state index in [1.165, 1.54) is 6.92 Å². The molecule has 0 rings (SSSR count). The molecule has 4 nitrogen and oxygen atoms in total. The average molecular weight is 132 g/mol. The van der Waals surface area contributed by atoms with Gasteiger partial charge >= 0.3 is 5.97 Å². The van der Waals surface area contributed by atoms with E-state index >= 15 is 0 Å². The minimum absolute atomic E-state index is 0.412. The van der Waals surface area contributed by atoms with Crippen molar-refractivity contribution in [2.24, 2.45) is 5.92 Å². The van der Waals surface area contributed by atoms with Crippen LogP contribution in [-0.4, -0.2) is 28.6 Å². The molecule has 0 spiro atoms. The Morgan fingerprint density at radius 1 is 1.56 bits per heavy atom. The van der Waals surface area contributed by atoms with Crippen LogP contribution in [0.2, 0.25) is 0 Å². The number of carbonyl (C=O) groups is 2. The van der Waals surface area contributed by atoms with Crippen LogP contribution in [0.4, 0.5) is 0 Å². The molecule has 0 amide bonds. The molecule has 0 saturated carbocycles. The zero-order valence-corrected chi connectivity index (χ0v) is 5.00. The van der Waals surface area contributed by atoms with Crippen LogP contribution in [-0.2, 0) is 9.59 Å². The number of ketones is 1. The third-order valence-corrected chi connectivity index (χ3v) is 0.932. The van der Waals surface area contributed by atoms with Gasteiger partial charge in [0.15, 0.2) is 0 Å². The highest BCUT2D eigenvalue weighted by Gasteiger charge is 2.18. The normalized spacial score (nSPS) is 12.7. The van der Waals surface area contributed by atoms with Crippen LogP contribution in [0.15, 0.2) is 0 Å². The number of carbonyl (C=O) groups excluding carboxylic acids is 1. The Morgan fingerprint density at radius 3 is 2.11 bits per heavy atom. The summed E-state index contributed by atoms with van der Waals surface area (Å²) in [4.78, 5) is 20.2. The number of rotatable bonds is 3. The number of carboxylic acids is 1. The Labute approximate surface area is 52.1 Å². The topological polar surface area (TPSA) is 74.6 Å². The summed E-state index contributed by atoms with van der Waals surface area (Å²) in [5.41, 5.74) is 0. The maximum Gasteiger partial charge on any atom is 0.372 e. The summed E-state index contributed by atoms with van der Waals surface area (Å²) in [5, 5.41) is 16.3. The third kappa shape index (κ3) is 2.23. The van der Waals surface area contributed by atoms with E-state index in [9.17, 15) is 9.59 Å².